The molecule has 0 spiro atoms. The predicted octanol–water partition coefficient (Wildman–Crippen LogP) is 4.03. The van der Waals surface area contributed by atoms with Crippen LogP contribution in [-0.4, -0.2) is 26.6 Å². The largest absolute Gasteiger partial charge is 0.345 e. The van der Waals surface area contributed by atoms with E-state index in [-0.39, 0.29) is 17.3 Å². The molecule has 0 unspecified atom stereocenters. The zero-order valence-corrected chi connectivity index (χ0v) is 15.4. The average molecular weight is 389 g/mol. The van der Waals surface area contributed by atoms with Crippen molar-refractivity contribution < 1.29 is 14.0 Å². The third kappa shape index (κ3) is 3.81. The van der Waals surface area contributed by atoms with Gasteiger partial charge in [-0.2, -0.15) is 0 Å². The first-order valence-corrected chi connectivity index (χ1v) is 8.78. The molecule has 144 valence electrons. The average Bonchev–Trinajstić information content (AvgIpc) is 3.12. The Morgan fingerprint density at radius 1 is 1.03 bits per heavy atom. The van der Waals surface area contributed by atoms with Crippen LogP contribution in [0.2, 0.25) is 0 Å². The van der Waals surface area contributed by atoms with E-state index in [0.717, 1.165) is 0 Å². The van der Waals surface area contributed by atoms with E-state index in [9.17, 15) is 14.0 Å². The number of carbonyl (C=O) groups excluding carboxylic acids is 2. The maximum atomic E-state index is 13.6. The molecule has 2 aromatic heterocycles. The number of fused-ring (bicyclic) bond motifs is 1. The summed E-state index contributed by atoms with van der Waals surface area (Å²) in [6.07, 6.45) is 2.90. The molecule has 2 heterocycles. The number of H-pyrrole nitrogens is 1. The molecule has 2 aromatic carbocycles. The Bertz CT molecular complexity index is 1230. The van der Waals surface area contributed by atoms with Gasteiger partial charge in [0.05, 0.1) is 10.9 Å². The van der Waals surface area contributed by atoms with Crippen LogP contribution in [0.5, 0.6) is 0 Å². The summed E-state index contributed by atoms with van der Waals surface area (Å²) in [4.78, 5) is 35.6. The zero-order chi connectivity index (χ0) is 20.4. The Labute approximate surface area is 165 Å². The van der Waals surface area contributed by atoms with Gasteiger partial charge >= 0.3 is 0 Å². The van der Waals surface area contributed by atoms with E-state index >= 15 is 0 Å². The van der Waals surface area contributed by atoms with Gasteiger partial charge in [0.2, 0.25) is 5.91 Å². The number of ketones is 1. The smallest absolute Gasteiger partial charge is 0.221 e. The van der Waals surface area contributed by atoms with Gasteiger partial charge in [0, 0.05) is 30.1 Å². The molecule has 0 radical (unpaired) electrons. The van der Waals surface area contributed by atoms with Crippen molar-refractivity contribution in [3.63, 3.8) is 0 Å². The highest BCUT2D eigenvalue weighted by Gasteiger charge is 2.19. The molecule has 0 aliphatic rings. The fourth-order valence-electron chi connectivity index (χ4n) is 3.04. The lowest BCUT2D eigenvalue weighted by atomic mass is 10.0. The van der Waals surface area contributed by atoms with Crippen molar-refractivity contribution in [3.8, 4) is 0 Å². The van der Waals surface area contributed by atoms with Crippen molar-refractivity contribution >= 4 is 39.9 Å². The van der Waals surface area contributed by atoms with Crippen molar-refractivity contribution in [3.05, 3.63) is 78.0 Å². The molecule has 3 N–H and O–H groups in total. The molecule has 29 heavy (non-hydrogen) atoms. The van der Waals surface area contributed by atoms with Gasteiger partial charge in [0.1, 0.15) is 23.6 Å². The number of hydrogen-bond acceptors (Lipinski definition) is 5. The highest BCUT2D eigenvalue weighted by atomic mass is 19.1. The Morgan fingerprint density at radius 3 is 2.62 bits per heavy atom. The molecular weight excluding hydrogens is 373 g/mol. The van der Waals surface area contributed by atoms with Gasteiger partial charge < -0.3 is 15.6 Å². The molecule has 0 aliphatic heterocycles. The summed E-state index contributed by atoms with van der Waals surface area (Å²) in [6, 6.07) is 12.6. The number of aromatic nitrogens is 3. The Balaban J connectivity index is 1.74. The zero-order valence-electron chi connectivity index (χ0n) is 15.4. The van der Waals surface area contributed by atoms with Gasteiger partial charge in [0.25, 0.3) is 0 Å². The summed E-state index contributed by atoms with van der Waals surface area (Å²) in [7, 11) is 0. The number of anilines is 3. The standard InChI is InChI=1S/C21H16FN5O2/c1-12(28)26-15-6-3-7-16(9-15)27-21-18-17(10-23-20(18)24-11-25-21)19(29)13-4-2-5-14(22)8-13/h2-11H,1H3,(H,26,28)(H2,23,24,25,27). The third-order valence-corrected chi connectivity index (χ3v) is 4.25. The molecule has 0 saturated heterocycles. The van der Waals surface area contributed by atoms with Crippen molar-refractivity contribution in [1.29, 1.82) is 0 Å². The first kappa shape index (κ1) is 18.3. The SMILES string of the molecule is CC(=O)Nc1cccc(Nc2ncnc3[nH]cc(C(=O)c4cccc(F)c4)c23)c1. The Morgan fingerprint density at radius 2 is 1.83 bits per heavy atom. The first-order valence-electron chi connectivity index (χ1n) is 8.78. The van der Waals surface area contributed by atoms with Crippen LogP contribution < -0.4 is 10.6 Å². The number of halogens is 1. The van der Waals surface area contributed by atoms with Crippen LogP contribution in [0.4, 0.5) is 21.6 Å². The van der Waals surface area contributed by atoms with Crippen molar-refractivity contribution in [2.24, 2.45) is 0 Å². The molecule has 7 nitrogen and oxygen atoms in total. The van der Waals surface area contributed by atoms with Gasteiger partial charge in [-0.25, -0.2) is 14.4 Å². The molecule has 4 aromatic rings. The lowest BCUT2D eigenvalue weighted by Crippen LogP contribution is -2.06. The lowest BCUT2D eigenvalue weighted by molar-refractivity contribution is -0.114. The number of rotatable bonds is 5. The maximum Gasteiger partial charge on any atom is 0.221 e. The summed E-state index contributed by atoms with van der Waals surface area (Å²) in [6.45, 7) is 1.43. The van der Waals surface area contributed by atoms with Gasteiger partial charge in [-0.05, 0) is 30.3 Å². The lowest BCUT2D eigenvalue weighted by Gasteiger charge is -2.10. The third-order valence-electron chi connectivity index (χ3n) is 4.25. The minimum atomic E-state index is -0.486. The monoisotopic (exact) mass is 389 g/mol. The number of benzene rings is 2. The van der Waals surface area contributed by atoms with E-state index in [2.05, 4.69) is 25.6 Å². The van der Waals surface area contributed by atoms with Crippen LogP contribution in [-0.2, 0) is 4.79 Å². The number of nitrogens with zero attached hydrogens (tertiary/aromatic N) is 2. The quantitative estimate of drug-likeness (QED) is 0.448. The summed E-state index contributed by atoms with van der Waals surface area (Å²) in [5.74, 6) is -0.600. The highest BCUT2D eigenvalue weighted by molar-refractivity contribution is 6.18. The minimum Gasteiger partial charge on any atom is -0.345 e. The van der Waals surface area contributed by atoms with Crippen LogP contribution in [0.3, 0.4) is 0 Å². The van der Waals surface area contributed by atoms with Crippen LogP contribution in [0.1, 0.15) is 22.8 Å². The van der Waals surface area contributed by atoms with Crippen molar-refractivity contribution in [1.82, 2.24) is 15.0 Å². The fourth-order valence-corrected chi connectivity index (χ4v) is 3.04. The van der Waals surface area contributed by atoms with E-state index in [0.29, 0.717) is 33.8 Å². The Kier molecular flexibility index (Phi) is 4.74. The van der Waals surface area contributed by atoms with Gasteiger partial charge in [-0.15, -0.1) is 0 Å². The molecule has 0 fully saturated rings. The van der Waals surface area contributed by atoms with E-state index < -0.39 is 5.82 Å². The van der Waals surface area contributed by atoms with E-state index in [1.54, 1.807) is 30.3 Å². The number of hydrogen-bond donors (Lipinski definition) is 3. The molecule has 4 rings (SSSR count). The second-order valence-corrected chi connectivity index (χ2v) is 6.37. The molecule has 0 bridgehead atoms. The normalized spacial score (nSPS) is 10.7. The summed E-state index contributed by atoms with van der Waals surface area (Å²) >= 11 is 0. The fraction of sp³-hybridized carbons (Fsp3) is 0.0476. The maximum absolute atomic E-state index is 13.6. The van der Waals surface area contributed by atoms with Gasteiger partial charge in [-0.3, -0.25) is 9.59 Å². The van der Waals surface area contributed by atoms with Crippen LogP contribution in [0.25, 0.3) is 11.0 Å². The second-order valence-electron chi connectivity index (χ2n) is 6.37. The van der Waals surface area contributed by atoms with Crippen LogP contribution in [0, 0.1) is 5.82 Å². The predicted molar refractivity (Wildman–Crippen MR) is 108 cm³/mol. The first-order chi connectivity index (χ1) is 14.0. The highest BCUT2D eigenvalue weighted by Crippen LogP contribution is 2.28. The molecule has 0 aliphatic carbocycles. The second kappa shape index (κ2) is 7.51. The molecular formula is C21H16FN5O2. The van der Waals surface area contributed by atoms with E-state index in [1.807, 2.05) is 0 Å². The summed E-state index contributed by atoms with van der Waals surface area (Å²) in [5.41, 5.74) is 2.32. The molecule has 8 heteroatoms. The number of nitrogens with one attached hydrogen (secondary N) is 3. The van der Waals surface area contributed by atoms with Crippen LogP contribution >= 0.6 is 0 Å². The number of amides is 1. The molecule has 1 amide bonds. The number of aromatic amines is 1. The minimum absolute atomic E-state index is 0.180. The molecule has 0 atom stereocenters. The summed E-state index contributed by atoms with van der Waals surface area (Å²) < 4.78 is 13.6. The van der Waals surface area contributed by atoms with Crippen LogP contribution in [0.15, 0.2) is 61.1 Å². The molecule has 0 saturated carbocycles. The number of carbonyl (C=O) groups is 2. The Hall–Kier alpha value is -4.07. The van der Waals surface area contributed by atoms with Crippen molar-refractivity contribution in [2.45, 2.75) is 6.92 Å². The van der Waals surface area contributed by atoms with E-state index in [1.165, 1.54) is 37.6 Å². The van der Waals surface area contributed by atoms with Crippen molar-refractivity contribution in [2.75, 3.05) is 10.6 Å². The van der Waals surface area contributed by atoms with Gasteiger partial charge in [-0.1, -0.05) is 18.2 Å². The van der Waals surface area contributed by atoms with E-state index in [4.69, 9.17) is 0 Å². The summed E-state index contributed by atoms with van der Waals surface area (Å²) in [5, 5.41) is 6.36. The topological polar surface area (TPSA) is 99.8 Å². The van der Waals surface area contributed by atoms with Gasteiger partial charge in [0.15, 0.2) is 5.78 Å².